The first-order chi connectivity index (χ1) is 21.3. The number of hydrogen-bond acceptors (Lipinski definition) is 4. The summed E-state index contributed by atoms with van der Waals surface area (Å²) in [4.78, 5) is 10.3. The lowest BCUT2D eigenvalue weighted by atomic mass is 10.0. The van der Waals surface area contributed by atoms with Gasteiger partial charge in [-0.15, -0.1) is 0 Å². The van der Waals surface area contributed by atoms with Gasteiger partial charge in [-0.25, -0.2) is 9.97 Å². The smallest absolute Gasteiger partial charge is 0.197 e. The van der Waals surface area contributed by atoms with Crippen LogP contribution in [0.15, 0.2) is 136 Å². The van der Waals surface area contributed by atoms with Crippen molar-refractivity contribution in [3.8, 4) is 17.2 Å². The van der Waals surface area contributed by atoms with Crippen LogP contribution < -0.4 is 0 Å². The summed E-state index contributed by atoms with van der Waals surface area (Å²) in [7, 11) is 0. The summed E-state index contributed by atoms with van der Waals surface area (Å²) in [6.45, 7) is 0. The third-order valence-electron chi connectivity index (χ3n) is 8.60. The molecule has 5 heteroatoms. The number of para-hydroxylation sites is 3. The van der Waals surface area contributed by atoms with E-state index in [0.29, 0.717) is 17.2 Å². The average molecular weight is 552 g/mol. The highest BCUT2D eigenvalue weighted by molar-refractivity contribution is 6.21. The van der Waals surface area contributed by atoms with E-state index >= 15 is 0 Å². The molecule has 0 unspecified atom stereocenters. The molecule has 0 bridgehead atoms. The van der Waals surface area contributed by atoms with Gasteiger partial charge >= 0.3 is 0 Å². The van der Waals surface area contributed by atoms with Gasteiger partial charge in [0.15, 0.2) is 17.2 Å². The van der Waals surface area contributed by atoms with Gasteiger partial charge in [-0.1, -0.05) is 84.9 Å². The number of fused-ring (bicyclic) bond motifs is 11. The second-order valence-corrected chi connectivity index (χ2v) is 11.0. The molecule has 0 aliphatic carbocycles. The lowest BCUT2D eigenvalue weighted by molar-refractivity contribution is 0.662. The van der Waals surface area contributed by atoms with Crippen LogP contribution in [0.2, 0.25) is 0 Å². The molecule has 0 fully saturated rings. The monoisotopic (exact) mass is 551 g/mol. The minimum absolute atomic E-state index is 0.654. The standard InChI is InChI=1S/C38H21N3O2/c1-2-10-22(11-3-1)37-39-34-27-14-6-9-17-33(27)43-36(34)38(40-37)41-30-15-7-4-12-24(30)29-20-23-18-19-26-25-13-5-8-16-32(25)42-35(26)28(23)21-31(29)41/h1-21H. The number of furan rings is 2. The van der Waals surface area contributed by atoms with Gasteiger partial charge in [0, 0.05) is 37.9 Å². The van der Waals surface area contributed by atoms with Crippen LogP contribution in [0.1, 0.15) is 0 Å². The fourth-order valence-electron chi connectivity index (χ4n) is 6.64. The van der Waals surface area contributed by atoms with E-state index < -0.39 is 0 Å². The topological polar surface area (TPSA) is 57.0 Å². The Kier molecular flexibility index (Phi) is 4.39. The molecule has 10 aromatic rings. The molecule has 0 atom stereocenters. The minimum Gasteiger partial charge on any atom is -0.455 e. The van der Waals surface area contributed by atoms with Crippen LogP contribution in [0.25, 0.3) is 93.8 Å². The van der Waals surface area contributed by atoms with Gasteiger partial charge in [-0.05, 0) is 47.9 Å². The van der Waals surface area contributed by atoms with Crippen molar-refractivity contribution in [2.24, 2.45) is 0 Å². The van der Waals surface area contributed by atoms with E-state index in [1.807, 2.05) is 60.7 Å². The van der Waals surface area contributed by atoms with Crippen molar-refractivity contribution in [2.75, 3.05) is 0 Å². The summed E-state index contributed by atoms with van der Waals surface area (Å²) in [5, 5.41) is 7.67. The highest BCUT2D eigenvalue weighted by atomic mass is 16.3. The molecule has 4 heterocycles. The molecule has 0 spiro atoms. The van der Waals surface area contributed by atoms with Crippen molar-refractivity contribution in [2.45, 2.75) is 0 Å². The molecule has 0 radical (unpaired) electrons. The van der Waals surface area contributed by atoms with Crippen LogP contribution >= 0.6 is 0 Å². The average Bonchev–Trinajstić information content (AvgIpc) is 3.73. The Balaban J connectivity index is 1.39. The largest absolute Gasteiger partial charge is 0.455 e. The van der Waals surface area contributed by atoms with Gasteiger partial charge in [0.1, 0.15) is 22.3 Å². The second-order valence-electron chi connectivity index (χ2n) is 11.0. The molecule has 0 amide bonds. The number of nitrogens with zero attached hydrogens (tertiary/aromatic N) is 3. The van der Waals surface area contributed by atoms with E-state index in [0.717, 1.165) is 76.6 Å². The third-order valence-corrected chi connectivity index (χ3v) is 8.60. The van der Waals surface area contributed by atoms with Gasteiger partial charge < -0.3 is 8.83 Å². The van der Waals surface area contributed by atoms with Crippen molar-refractivity contribution < 1.29 is 8.83 Å². The lowest BCUT2D eigenvalue weighted by Gasteiger charge is -2.10. The van der Waals surface area contributed by atoms with Gasteiger partial charge in [-0.3, -0.25) is 4.57 Å². The van der Waals surface area contributed by atoms with Gasteiger partial charge in [0.05, 0.1) is 11.0 Å². The first kappa shape index (κ1) is 22.7. The van der Waals surface area contributed by atoms with E-state index in [1.165, 1.54) is 0 Å². The van der Waals surface area contributed by atoms with Crippen LogP contribution in [0, 0.1) is 0 Å². The lowest BCUT2D eigenvalue weighted by Crippen LogP contribution is -2.01. The van der Waals surface area contributed by atoms with Crippen LogP contribution in [-0.4, -0.2) is 14.5 Å². The molecule has 4 aromatic heterocycles. The molecule has 0 saturated carbocycles. The van der Waals surface area contributed by atoms with E-state index in [2.05, 4.69) is 71.3 Å². The van der Waals surface area contributed by atoms with Gasteiger partial charge in [-0.2, -0.15) is 0 Å². The van der Waals surface area contributed by atoms with E-state index in [9.17, 15) is 0 Å². The third kappa shape index (κ3) is 3.11. The Labute approximate surface area is 244 Å². The number of aromatic nitrogens is 3. The highest BCUT2D eigenvalue weighted by Gasteiger charge is 2.22. The zero-order chi connectivity index (χ0) is 28.1. The molecular formula is C38H21N3O2. The van der Waals surface area contributed by atoms with E-state index in [-0.39, 0.29) is 0 Å². The summed E-state index contributed by atoms with van der Waals surface area (Å²) in [6.07, 6.45) is 0. The molecule has 5 nitrogen and oxygen atoms in total. The maximum Gasteiger partial charge on any atom is 0.197 e. The zero-order valence-corrected chi connectivity index (χ0v) is 22.8. The van der Waals surface area contributed by atoms with Crippen LogP contribution in [-0.2, 0) is 0 Å². The molecule has 200 valence electrons. The van der Waals surface area contributed by atoms with E-state index in [4.69, 9.17) is 18.8 Å². The Morgan fingerprint density at radius 1 is 0.465 bits per heavy atom. The number of rotatable bonds is 2. The molecular weight excluding hydrogens is 530 g/mol. The molecule has 0 aliphatic rings. The molecule has 10 rings (SSSR count). The van der Waals surface area contributed by atoms with Crippen molar-refractivity contribution in [3.63, 3.8) is 0 Å². The van der Waals surface area contributed by atoms with Crippen LogP contribution in [0.3, 0.4) is 0 Å². The fourth-order valence-corrected chi connectivity index (χ4v) is 6.64. The first-order valence-corrected chi connectivity index (χ1v) is 14.3. The Bertz CT molecular complexity index is 2730. The second kappa shape index (κ2) is 8.30. The van der Waals surface area contributed by atoms with Crippen molar-refractivity contribution >= 4 is 76.6 Å². The molecule has 0 saturated heterocycles. The van der Waals surface area contributed by atoms with Gasteiger partial charge in [0.2, 0.25) is 0 Å². The van der Waals surface area contributed by atoms with Crippen molar-refractivity contribution in [3.05, 3.63) is 127 Å². The zero-order valence-electron chi connectivity index (χ0n) is 22.8. The predicted octanol–water partition coefficient (Wildman–Crippen LogP) is 10.2. The predicted molar refractivity (Wildman–Crippen MR) is 174 cm³/mol. The maximum absolute atomic E-state index is 6.53. The molecule has 43 heavy (non-hydrogen) atoms. The maximum atomic E-state index is 6.53. The molecule has 6 aromatic carbocycles. The number of hydrogen-bond donors (Lipinski definition) is 0. The SMILES string of the molecule is c1ccc(-c2nc(-n3c4ccccc4c4cc5ccc6c7ccccc7oc6c5cc43)c3oc4ccccc4c3n2)cc1. The summed E-state index contributed by atoms with van der Waals surface area (Å²) < 4.78 is 15.2. The quantitative estimate of drug-likeness (QED) is 0.214. The Morgan fingerprint density at radius 2 is 1.16 bits per heavy atom. The highest BCUT2D eigenvalue weighted by Crippen LogP contribution is 2.41. The molecule has 0 aliphatic heterocycles. The summed E-state index contributed by atoms with van der Waals surface area (Å²) in [6, 6.07) is 43.8. The normalized spacial score (nSPS) is 12.2. The van der Waals surface area contributed by atoms with Crippen molar-refractivity contribution in [1.29, 1.82) is 0 Å². The van der Waals surface area contributed by atoms with Crippen molar-refractivity contribution in [1.82, 2.24) is 14.5 Å². The Morgan fingerprint density at radius 3 is 2.02 bits per heavy atom. The summed E-state index contributed by atoms with van der Waals surface area (Å²) >= 11 is 0. The molecule has 0 N–H and O–H groups in total. The number of benzene rings is 6. The summed E-state index contributed by atoms with van der Waals surface area (Å²) in [5.41, 5.74) is 7.04. The first-order valence-electron chi connectivity index (χ1n) is 14.3. The van der Waals surface area contributed by atoms with E-state index in [1.54, 1.807) is 0 Å². The van der Waals surface area contributed by atoms with Crippen LogP contribution in [0.4, 0.5) is 0 Å². The fraction of sp³-hybridized carbons (Fsp3) is 0. The van der Waals surface area contributed by atoms with Crippen LogP contribution in [0.5, 0.6) is 0 Å². The Hall–Kier alpha value is -5.94. The minimum atomic E-state index is 0.654. The van der Waals surface area contributed by atoms with Gasteiger partial charge in [0.25, 0.3) is 0 Å². The summed E-state index contributed by atoms with van der Waals surface area (Å²) in [5.74, 6) is 1.36.